The second-order valence-electron chi connectivity index (χ2n) is 2.10. The van der Waals surface area contributed by atoms with Gasteiger partial charge < -0.3 is 20.6 Å². The van der Waals surface area contributed by atoms with Crippen molar-refractivity contribution >= 4 is 65.7 Å². The van der Waals surface area contributed by atoms with Crippen molar-refractivity contribution in [1.82, 2.24) is 0 Å². The quantitative estimate of drug-likeness (QED) is 0.396. The average Bonchev–Trinajstić information content (AvgIpc) is 1.81. The van der Waals surface area contributed by atoms with Crippen molar-refractivity contribution in [3.63, 3.8) is 0 Å². The Labute approximate surface area is 126 Å². The maximum absolute atomic E-state index is 9.60. The standard InChI is InChI=1S/2C2H7NO3S.Sr/c2*3-1-2-7(4,5)6;/h2*1-3H2,(H,4,5,6);/q;;+2/p-2. The third kappa shape index (κ3) is 31.3. The molecular formula is C4H12N2O6S2Sr. The Hall–Kier alpha value is 1.22. The van der Waals surface area contributed by atoms with Crippen molar-refractivity contribution in [3.8, 4) is 0 Å². The van der Waals surface area contributed by atoms with Crippen molar-refractivity contribution in [2.24, 2.45) is 11.5 Å². The van der Waals surface area contributed by atoms with Crippen LogP contribution in [0.15, 0.2) is 0 Å². The van der Waals surface area contributed by atoms with Gasteiger partial charge in [-0.1, -0.05) is 0 Å². The Morgan fingerprint density at radius 1 is 0.800 bits per heavy atom. The Kier molecular flexibility index (Phi) is 14.9. The molecule has 0 aromatic carbocycles. The fraction of sp³-hybridized carbons (Fsp3) is 1.00. The van der Waals surface area contributed by atoms with Gasteiger partial charge in [-0.25, -0.2) is 16.8 Å². The van der Waals surface area contributed by atoms with E-state index in [1.165, 1.54) is 0 Å². The number of hydrogen-bond acceptors (Lipinski definition) is 8. The molecule has 0 aliphatic carbocycles. The molecule has 0 bridgehead atoms. The number of rotatable bonds is 4. The van der Waals surface area contributed by atoms with Crippen LogP contribution in [0.3, 0.4) is 0 Å². The maximum atomic E-state index is 9.60. The molecule has 8 nitrogen and oxygen atoms in total. The zero-order valence-electron chi connectivity index (χ0n) is 7.96. The van der Waals surface area contributed by atoms with Gasteiger partial charge in [0.1, 0.15) is 0 Å². The first-order valence-corrected chi connectivity index (χ1v) is 6.55. The summed E-state index contributed by atoms with van der Waals surface area (Å²) in [7, 11) is -8.10. The topological polar surface area (TPSA) is 166 Å². The van der Waals surface area contributed by atoms with E-state index in [0.717, 1.165) is 0 Å². The van der Waals surface area contributed by atoms with E-state index < -0.39 is 31.7 Å². The summed E-state index contributed by atoms with van der Waals surface area (Å²) in [6.07, 6.45) is 0. The summed E-state index contributed by atoms with van der Waals surface area (Å²) in [6, 6.07) is 0. The molecule has 0 aromatic heterocycles. The molecule has 4 N–H and O–H groups in total. The molecule has 0 rings (SSSR count). The van der Waals surface area contributed by atoms with Crippen LogP contribution in [0.5, 0.6) is 0 Å². The second-order valence-corrected chi connectivity index (χ2v) is 5.15. The van der Waals surface area contributed by atoms with Crippen molar-refractivity contribution in [2.45, 2.75) is 0 Å². The van der Waals surface area contributed by atoms with Gasteiger partial charge in [0.05, 0.1) is 31.7 Å². The predicted molar refractivity (Wildman–Crippen MR) is 53.0 cm³/mol. The summed E-state index contributed by atoms with van der Waals surface area (Å²) in [5, 5.41) is 0. The summed E-state index contributed by atoms with van der Waals surface area (Å²) in [5.74, 6) is -0.931. The summed E-state index contributed by atoms with van der Waals surface area (Å²) >= 11 is 0. The van der Waals surface area contributed by atoms with Crippen LogP contribution in [0.2, 0.25) is 0 Å². The van der Waals surface area contributed by atoms with Crippen LogP contribution in [-0.4, -0.2) is 96.0 Å². The van der Waals surface area contributed by atoms with Crippen molar-refractivity contribution in [3.05, 3.63) is 0 Å². The monoisotopic (exact) mass is 336 g/mol. The van der Waals surface area contributed by atoms with Crippen LogP contribution in [0.1, 0.15) is 0 Å². The largest absolute Gasteiger partial charge is 2.00 e. The van der Waals surface area contributed by atoms with Gasteiger partial charge >= 0.3 is 45.5 Å². The summed E-state index contributed by atoms with van der Waals surface area (Å²) in [6.45, 7) is -0.183. The van der Waals surface area contributed by atoms with E-state index >= 15 is 0 Å². The Morgan fingerprint density at radius 2 is 1.00 bits per heavy atom. The molecule has 0 fully saturated rings. The van der Waals surface area contributed by atoms with Crippen LogP contribution < -0.4 is 11.5 Å². The average molecular weight is 336 g/mol. The third-order valence-electron chi connectivity index (χ3n) is 0.736. The van der Waals surface area contributed by atoms with Crippen LogP contribution in [0.4, 0.5) is 0 Å². The molecule has 88 valence electrons. The van der Waals surface area contributed by atoms with Gasteiger partial charge in [-0.2, -0.15) is 0 Å². The molecule has 0 heterocycles. The van der Waals surface area contributed by atoms with Crippen LogP contribution in [0.25, 0.3) is 0 Å². The first-order chi connectivity index (χ1) is 6.12. The first kappa shape index (κ1) is 21.5. The fourth-order valence-electron chi connectivity index (χ4n) is 0.289. The minimum Gasteiger partial charge on any atom is -0.748 e. The fourth-order valence-corrected chi connectivity index (χ4v) is 0.866. The zero-order chi connectivity index (χ0) is 11.8. The van der Waals surface area contributed by atoms with Gasteiger partial charge in [0.15, 0.2) is 0 Å². The van der Waals surface area contributed by atoms with E-state index in [2.05, 4.69) is 0 Å². The summed E-state index contributed by atoms with van der Waals surface area (Å²) < 4.78 is 57.6. The van der Waals surface area contributed by atoms with E-state index in [1.807, 2.05) is 0 Å². The van der Waals surface area contributed by atoms with Gasteiger partial charge in [-0.15, -0.1) is 0 Å². The SMILES string of the molecule is NCCS(=O)(=O)[O-].NCCS(=O)(=O)[O-].[Sr+2]. The normalized spacial score (nSPS) is 10.9. The summed E-state index contributed by atoms with van der Waals surface area (Å²) in [4.78, 5) is 0. The molecule has 0 atom stereocenters. The van der Waals surface area contributed by atoms with Gasteiger partial charge in [-0.3, -0.25) is 0 Å². The van der Waals surface area contributed by atoms with Crippen LogP contribution >= 0.6 is 0 Å². The number of hydrogen-bond donors (Lipinski definition) is 2. The Balaban J connectivity index is -0.000000180. The smallest absolute Gasteiger partial charge is 0.748 e. The van der Waals surface area contributed by atoms with Crippen LogP contribution in [-0.2, 0) is 20.2 Å². The third-order valence-corrected chi connectivity index (χ3v) is 2.21. The van der Waals surface area contributed by atoms with Gasteiger partial charge in [0.2, 0.25) is 0 Å². The van der Waals surface area contributed by atoms with E-state index in [4.69, 9.17) is 11.5 Å². The Morgan fingerprint density at radius 3 is 1.00 bits per heavy atom. The summed E-state index contributed by atoms with van der Waals surface area (Å²) in [5.41, 5.74) is 9.47. The Bertz CT molecular complexity index is 291. The molecule has 0 aliphatic rings. The number of nitrogens with two attached hydrogens (primary N) is 2. The minimum absolute atomic E-state index is 0. The molecule has 0 aromatic rings. The van der Waals surface area contributed by atoms with Gasteiger partial charge in [0.25, 0.3) is 0 Å². The molecule has 0 radical (unpaired) electrons. The zero-order valence-corrected chi connectivity index (χ0v) is 13.1. The van der Waals surface area contributed by atoms with E-state index in [-0.39, 0.29) is 58.6 Å². The molecule has 11 heteroatoms. The molecule has 0 saturated heterocycles. The minimum atomic E-state index is -4.05. The van der Waals surface area contributed by atoms with Crippen LogP contribution in [0, 0.1) is 0 Å². The molecule has 0 aliphatic heterocycles. The van der Waals surface area contributed by atoms with E-state index in [9.17, 15) is 25.9 Å². The molecular weight excluding hydrogens is 324 g/mol. The molecule has 0 unspecified atom stereocenters. The molecule has 15 heavy (non-hydrogen) atoms. The molecule has 0 spiro atoms. The molecule has 0 saturated carbocycles. The predicted octanol–water partition coefficient (Wildman–Crippen LogP) is -3.40. The van der Waals surface area contributed by atoms with Crippen molar-refractivity contribution in [2.75, 3.05) is 24.6 Å². The van der Waals surface area contributed by atoms with Gasteiger partial charge in [0, 0.05) is 13.1 Å². The van der Waals surface area contributed by atoms with Crippen molar-refractivity contribution in [1.29, 1.82) is 0 Å². The van der Waals surface area contributed by atoms with Gasteiger partial charge in [-0.05, 0) is 0 Å². The first-order valence-electron chi connectivity index (χ1n) is 3.39. The van der Waals surface area contributed by atoms with Crippen molar-refractivity contribution < 1.29 is 25.9 Å². The van der Waals surface area contributed by atoms with E-state index in [0.29, 0.717) is 0 Å². The van der Waals surface area contributed by atoms with E-state index in [1.54, 1.807) is 0 Å². The maximum Gasteiger partial charge on any atom is 2.00 e. The second kappa shape index (κ2) is 10.4. The molecule has 0 amide bonds.